The third-order valence-corrected chi connectivity index (χ3v) is 3.63. The molecule has 2 heterocycles. The largest absolute Gasteiger partial charge is 0.334 e. The topological polar surface area (TPSA) is 54.9 Å². The van der Waals surface area contributed by atoms with E-state index in [4.69, 9.17) is 0 Å². The summed E-state index contributed by atoms with van der Waals surface area (Å²) in [7, 11) is 0. The smallest absolute Gasteiger partial charge is 0.306 e. The van der Waals surface area contributed by atoms with Crippen molar-refractivity contribution in [2.75, 3.05) is 0 Å². The van der Waals surface area contributed by atoms with Crippen molar-refractivity contribution < 1.29 is 0 Å². The highest BCUT2D eigenvalue weighted by Crippen LogP contribution is 2.13. The Morgan fingerprint density at radius 3 is 2.78 bits per heavy atom. The second-order valence-corrected chi connectivity index (χ2v) is 5.00. The number of aryl methyl sites for hydroxylation is 1. The van der Waals surface area contributed by atoms with E-state index in [0.29, 0.717) is 15.9 Å². The number of fused-ring (bicyclic) bond motifs is 1. The number of rotatable bonds is 1. The van der Waals surface area contributed by atoms with Crippen molar-refractivity contribution in [1.82, 2.24) is 9.55 Å². The summed E-state index contributed by atoms with van der Waals surface area (Å²) in [6, 6.07) is 8.97. The Hall–Kier alpha value is -2.14. The minimum Gasteiger partial charge on any atom is -0.306 e. The first-order valence-electron chi connectivity index (χ1n) is 5.46. The Labute approximate surface area is 106 Å². The number of hydrogen-bond acceptors (Lipinski definition) is 3. The van der Waals surface area contributed by atoms with Crippen molar-refractivity contribution in [3.63, 3.8) is 0 Å². The fourth-order valence-corrected chi connectivity index (χ4v) is 2.65. The van der Waals surface area contributed by atoms with E-state index in [2.05, 4.69) is 4.98 Å². The van der Waals surface area contributed by atoms with Crippen LogP contribution in [0.4, 0.5) is 0 Å². The van der Waals surface area contributed by atoms with E-state index in [1.54, 1.807) is 18.2 Å². The van der Waals surface area contributed by atoms with Gasteiger partial charge in [0.2, 0.25) is 0 Å². The molecular formula is C13H10N2O2S. The van der Waals surface area contributed by atoms with Gasteiger partial charge < -0.3 is 4.98 Å². The van der Waals surface area contributed by atoms with Gasteiger partial charge in [-0.25, -0.2) is 9.36 Å². The number of H-pyrrole nitrogens is 1. The second kappa shape index (κ2) is 3.96. The maximum atomic E-state index is 12.3. The van der Waals surface area contributed by atoms with Gasteiger partial charge in [0.25, 0.3) is 5.56 Å². The predicted molar refractivity (Wildman–Crippen MR) is 72.8 cm³/mol. The number of aromatic nitrogens is 2. The lowest BCUT2D eigenvalue weighted by Crippen LogP contribution is -2.32. The van der Waals surface area contributed by atoms with Crippen LogP contribution in [0, 0.1) is 6.92 Å². The summed E-state index contributed by atoms with van der Waals surface area (Å²) < 4.78 is 1.17. The normalized spacial score (nSPS) is 10.9. The third kappa shape index (κ3) is 1.60. The van der Waals surface area contributed by atoms with Gasteiger partial charge in [-0.2, -0.15) is 0 Å². The van der Waals surface area contributed by atoms with Gasteiger partial charge in [-0.3, -0.25) is 4.79 Å². The van der Waals surface area contributed by atoms with Crippen LogP contribution in [0.2, 0.25) is 0 Å². The van der Waals surface area contributed by atoms with Gasteiger partial charge in [0.1, 0.15) is 5.00 Å². The van der Waals surface area contributed by atoms with E-state index >= 15 is 0 Å². The summed E-state index contributed by atoms with van der Waals surface area (Å²) in [6.45, 7) is 1.92. The Morgan fingerprint density at radius 1 is 1.22 bits per heavy atom. The third-order valence-electron chi connectivity index (χ3n) is 2.78. The van der Waals surface area contributed by atoms with Gasteiger partial charge in [-0.1, -0.05) is 6.07 Å². The average Bonchev–Trinajstić information content (AvgIpc) is 2.82. The Bertz CT molecular complexity index is 828. The molecule has 0 saturated heterocycles. The van der Waals surface area contributed by atoms with Crippen LogP contribution in [-0.4, -0.2) is 9.55 Å². The molecule has 0 aliphatic rings. The van der Waals surface area contributed by atoms with Gasteiger partial charge in [0.05, 0.1) is 10.9 Å². The van der Waals surface area contributed by atoms with E-state index in [9.17, 15) is 9.59 Å². The molecule has 0 radical (unpaired) electrons. The van der Waals surface area contributed by atoms with Crippen molar-refractivity contribution in [2.24, 2.45) is 0 Å². The highest BCUT2D eigenvalue weighted by Gasteiger charge is 2.09. The molecule has 1 N–H and O–H groups in total. The molecule has 0 aliphatic carbocycles. The molecule has 0 fully saturated rings. The number of nitrogens with one attached hydrogen (secondary N) is 1. The summed E-state index contributed by atoms with van der Waals surface area (Å²) in [6.07, 6.45) is 0. The molecule has 90 valence electrons. The molecule has 0 saturated carbocycles. The number of hydrogen-bond donors (Lipinski definition) is 1. The highest BCUT2D eigenvalue weighted by atomic mass is 32.1. The molecular weight excluding hydrogens is 248 g/mol. The van der Waals surface area contributed by atoms with Crippen LogP contribution >= 0.6 is 11.3 Å². The molecule has 18 heavy (non-hydrogen) atoms. The van der Waals surface area contributed by atoms with Crippen LogP contribution < -0.4 is 11.2 Å². The zero-order valence-electron chi connectivity index (χ0n) is 9.64. The fourth-order valence-electron chi connectivity index (χ4n) is 1.93. The molecule has 0 atom stereocenters. The van der Waals surface area contributed by atoms with Gasteiger partial charge in [0, 0.05) is 0 Å². The zero-order valence-corrected chi connectivity index (χ0v) is 10.5. The molecule has 4 nitrogen and oxygen atoms in total. The lowest BCUT2D eigenvalue weighted by atomic mass is 10.2. The van der Waals surface area contributed by atoms with E-state index in [-0.39, 0.29) is 5.56 Å². The maximum Gasteiger partial charge on any atom is 0.334 e. The number of aromatic amines is 1. The quantitative estimate of drug-likeness (QED) is 0.726. The highest BCUT2D eigenvalue weighted by molar-refractivity contribution is 7.12. The molecule has 0 aliphatic heterocycles. The molecule has 2 aromatic heterocycles. The maximum absolute atomic E-state index is 12.3. The average molecular weight is 258 g/mol. The minimum atomic E-state index is -0.402. The molecule has 1 aromatic carbocycles. The van der Waals surface area contributed by atoms with Crippen molar-refractivity contribution in [2.45, 2.75) is 6.92 Å². The van der Waals surface area contributed by atoms with Crippen LogP contribution in [0.3, 0.4) is 0 Å². The Kier molecular flexibility index (Phi) is 2.41. The molecule has 5 heteroatoms. The SMILES string of the molecule is Cc1ccc2c(=O)n(-c3cccs3)c(=O)[nH]c2c1. The van der Waals surface area contributed by atoms with E-state index in [1.165, 1.54) is 15.9 Å². The molecule has 0 bridgehead atoms. The van der Waals surface area contributed by atoms with Gasteiger partial charge in [-0.15, -0.1) is 11.3 Å². The predicted octanol–water partition coefficient (Wildman–Crippen LogP) is 2.05. The van der Waals surface area contributed by atoms with Crippen LogP contribution in [0.15, 0.2) is 45.3 Å². The second-order valence-electron chi connectivity index (χ2n) is 4.07. The molecule has 0 unspecified atom stereocenters. The Balaban J connectivity index is 2.46. The van der Waals surface area contributed by atoms with Crippen molar-refractivity contribution in [3.8, 4) is 5.00 Å². The molecule has 3 aromatic rings. The van der Waals surface area contributed by atoms with Crippen molar-refractivity contribution >= 4 is 22.2 Å². The summed E-state index contributed by atoms with van der Waals surface area (Å²) in [5.41, 5.74) is 0.904. The van der Waals surface area contributed by atoms with E-state index < -0.39 is 5.69 Å². The van der Waals surface area contributed by atoms with Crippen LogP contribution in [0.1, 0.15) is 5.56 Å². The summed E-state index contributed by atoms with van der Waals surface area (Å²) in [5, 5.41) is 2.98. The van der Waals surface area contributed by atoms with Crippen LogP contribution in [-0.2, 0) is 0 Å². The number of nitrogens with zero attached hydrogens (tertiary/aromatic N) is 1. The first-order chi connectivity index (χ1) is 8.66. The van der Waals surface area contributed by atoms with E-state index in [1.807, 2.05) is 24.4 Å². The molecule has 0 spiro atoms. The summed E-state index contributed by atoms with van der Waals surface area (Å²) in [5.74, 6) is 0. The van der Waals surface area contributed by atoms with E-state index in [0.717, 1.165) is 5.56 Å². The Morgan fingerprint density at radius 2 is 2.06 bits per heavy atom. The fraction of sp³-hybridized carbons (Fsp3) is 0.0769. The van der Waals surface area contributed by atoms with Gasteiger partial charge in [0.15, 0.2) is 0 Å². The molecule has 3 rings (SSSR count). The van der Waals surface area contributed by atoms with Gasteiger partial charge >= 0.3 is 5.69 Å². The standard InChI is InChI=1S/C13H10N2O2S/c1-8-4-5-9-10(7-8)14-13(17)15(12(9)16)11-3-2-6-18-11/h2-7H,1H3,(H,14,17). The number of thiophene rings is 1. The molecule has 0 amide bonds. The van der Waals surface area contributed by atoms with Crippen LogP contribution in [0.25, 0.3) is 15.9 Å². The lowest BCUT2D eigenvalue weighted by Gasteiger charge is -2.04. The van der Waals surface area contributed by atoms with Crippen LogP contribution in [0.5, 0.6) is 0 Å². The first-order valence-corrected chi connectivity index (χ1v) is 6.34. The van der Waals surface area contributed by atoms with Crippen molar-refractivity contribution in [1.29, 1.82) is 0 Å². The zero-order chi connectivity index (χ0) is 12.7. The summed E-state index contributed by atoms with van der Waals surface area (Å²) in [4.78, 5) is 27.0. The first kappa shape index (κ1) is 11.0. The monoisotopic (exact) mass is 258 g/mol. The van der Waals surface area contributed by atoms with Gasteiger partial charge in [-0.05, 0) is 42.1 Å². The lowest BCUT2D eigenvalue weighted by molar-refractivity contribution is 0.917. The summed E-state index contributed by atoms with van der Waals surface area (Å²) >= 11 is 1.36. The van der Waals surface area contributed by atoms with Crippen molar-refractivity contribution in [3.05, 3.63) is 62.1 Å². The number of benzene rings is 1. The minimum absolute atomic E-state index is 0.281.